The van der Waals surface area contributed by atoms with Crippen LogP contribution in [0.1, 0.15) is 13.1 Å². The van der Waals surface area contributed by atoms with E-state index in [-0.39, 0.29) is 195 Å². The molecular weight excluding hydrogens is 598 g/mol. The molecule has 0 saturated heterocycles. The quantitative estimate of drug-likeness (QED) is 0.223. The molecule has 1 nitrogen and oxygen atoms in total. The Morgan fingerprint density at radius 2 is 1.40 bits per heavy atom. The normalized spacial score (nSPS) is 0. The number of rotatable bonds is 0. The van der Waals surface area contributed by atoms with Crippen molar-refractivity contribution in [2.24, 2.45) is 0 Å². The van der Waals surface area contributed by atoms with E-state index in [2.05, 4.69) is 0 Å². The maximum Gasteiger partial charge on any atom is 1.00 e. The molecular formula is CH21FIKNPSVWY. The molecule has 0 bridgehead atoms. The molecule has 0 rings (SSSR count). The van der Waals surface area contributed by atoms with Crippen LogP contribution in [-0.4, -0.2) is 0 Å². The van der Waals surface area contributed by atoms with Crippen molar-refractivity contribution >= 4 is 47.4 Å². The summed E-state index contributed by atoms with van der Waals surface area (Å²) >= 11 is 0. The second kappa shape index (κ2) is 88.5. The molecule has 1 atom stereocenters. The van der Waals surface area contributed by atoms with Gasteiger partial charge < -0.3 is 7.58 Å². The molecule has 0 amide bonds. The third kappa shape index (κ3) is 70.5. The second-order valence-electron chi connectivity index (χ2n) is 0. The van der Waals surface area contributed by atoms with Crippen molar-refractivity contribution in [2.45, 2.75) is 7.43 Å². The molecule has 1 unspecified atom stereocenters. The third-order valence-electron chi connectivity index (χ3n) is 0. The minimum atomic E-state index is 0. The molecule has 0 aromatic rings. The zero-order chi connectivity index (χ0) is 0. The van der Waals surface area contributed by atoms with Gasteiger partial charge in [-0.2, -0.15) is 23.4 Å². The average molecular weight is 622 g/mol. The fraction of sp³-hybridized carbons (Fsp3) is 1.00. The van der Waals surface area contributed by atoms with Crippen LogP contribution in [0.5, 0.6) is 0 Å². The summed E-state index contributed by atoms with van der Waals surface area (Å²) in [5.41, 5.74) is 0. The van der Waals surface area contributed by atoms with Crippen molar-refractivity contribution in [3.63, 3.8) is 0 Å². The summed E-state index contributed by atoms with van der Waals surface area (Å²) in [6.07, 6.45) is 0. The minimum absolute atomic E-state index is 0. The van der Waals surface area contributed by atoms with E-state index < -0.39 is 0 Å². The fourth-order valence-corrected chi connectivity index (χ4v) is 0. The Morgan fingerprint density at radius 1 is 1.40 bits per heavy atom. The molecule has 3 N–H and O–H groups in total. The van der Waals surface area contributed by atoms with Crippen LogP contribution in [0.15, 0.2) is 0 Å². The summed E-state index contributed by atoms with van der Waals surface area (Å²) in [6.45, 7) is 0. The Labute approximate surface area is 190 Å². The van der Waals surface area contributed by atoms with Crippen molar-refractivity contribution in [1.82, 2.24) is 6.15 Å². The Bertz CT molecular complexity index is 45.3. The minimum Gasteiger partial charge on any atom is -1.00 e. The van der Waals surface area contributed by atoms with Crippen molar-refractivity contribution in [2.75, 3.05) is 0 Å². The van der Waals surface area contributed by atoms with Crippen LogP contribution in [-0.2, 0) is 72.3 Å². The molecule has 0 aliphatic carbocycles. The number of halogens is 2. The molecule has 0 aliphatic rings. The first-order valence-electron chi connectivity index (χ1n) is 0. The van der Waals surface area contributed by atoms with Gasteiger partial charge in [0.1, 0.15) is 0 Å². The van der Waals surface area contributed by atoms with Crippen LogP contribution in [0.25, 0.3) is 0 Å². The van der Waals surface area contributed by atoms with Gasteiger partial charge in [0, 0.05) is 76.6 Å². The molecule has 10 heavy (non-hydrogen) atoms. The zero-order valence-electron chi connectivity index (χ0n) is 6.16. The summed E-state index contributed by atoms with van der Waals surface area (Å²) < 4.78 is 0. The molecule has 0 spiro atoms. The van der Waals surface area contributed by atoms with Crippen LogP contribution >= 0.6 is 47.4 Å². The topological polar surface area (TPSA) is 35.0 Å². The third-order valence-corrected chi connectivity index (χ3v) is 0. The Kier molecular flexibility index (Phi) is 967. The molecule has 0 fully saturated rings. The van der Waals surface area contributed by atoms with Gasteiger partial charge in [-0.1, -0.05) is 7.43 Å². The van der Waals surface area contributed by atoms with Gasteiger partial charge in [-0.3, -0.25) is 4.70 Å². The smallest absolute Gasteiger partial charge is 1.00 e. The van der Waals surface area contributed by atoms with Gasteiger partial charge >= 0.3 is 51.4 Å². The molecule has 2 radical (unpaired) electrons. The first-order chi connectivity index (χ1) is 0. The van der Waals surface area contributed by atoms with Gasteiger partial charge in [0.25, 0.3) is 0 Å². The monoisotopic (exact) mass is 622 g/mol. The van der Waals surface area contributed by atoms with Gasteiger partial charge in [-0.15, -0.1) is 24.0 Å². The van der Waals surface area contributed by atoms with E-state index in [0.717, 1.165) is 0 Å². The van der Waals surface area contributed by atoms with Gasteiger partial charge in [0.2, 0.25) is 0 Å². The molecule has 9 heteroatoms. The summed E-state index contributed by atoms with van der Waals surface area (Å²) in [5.74, 6) is 0. The SMILES string of the molecule is C.F.I.N.P.S.[2HH].[3HH].[H-].[HH].[K+].[V].[W].[Y]. The van der Waals surface area contributed by atoms with E-state index in [1.54, 1.807) is 0 Å². The fourth-order valence-electron chi connectivity index (χ4n) is 0. The standard InChI is InChI=1S/CH4.FH.HI.K.H3N.H3P.H2S.V.W.Y.3H2.H/h1H4;2*1H;;2*1H3;1H2;;;;3*1H;/q;;;+1;;;;;;;;;;-1/i;;;;;;;;;;1+2;1+1;;. The first-order valence-corrected chi connectivity index (χ1v) is 0. The molecule has 70 valence electrons. The van der Waals surface area contributed by atoms with Crippen LogP contribution in [0, 0.1) is 0 Å². The summed E-state index contributed by atoms with van der Waals surface area (Å²) in [6, 6.07) is 0. The van der Waals surface area contributed by atoms with Crippen molar-refractivity contribution in [3.05, 3.63) is 0 Å². The molecule has 0 heterocycles. The average Bonchev–Trinajstić information content (AvgIpc) is 0. The predicted molar refractivity (Wildman–Crippen MR) is 58.6 cm³/mol. The summed E-state index contributed by atoms with van der Waals surface area (Å²) in [7, 11) is 0. The Balaban J connectivity index is 0. The van der Waals surface area contributed by atoms with E-state index >= 15 is 0 Å². The van der Waals surface area contributed by atoms with E-state index in [0.29, 0.717) is 0 Å². The maximum absolute atomic E-state index is 0. The van der Waals surface area contributed by atoms with Gasteiger partial charge in [0.05, 0.1) is 0 Å². The molecule has 0 saturated carbocycles. The number of hydrogen-bond acceptors (Lipinski definition) is 1. The van der Waals surface area contributed by atoms with Crippen LogP contribution in [0.3, 0.4) is 0 Å². The molecule has 0 aliphatic heterocycles. The van der Waals surface area contributed by atoms with E-state index in [4.69, 9.17) is 0 Å². The van der Waals surface area contributed by atoms with Gasteiger partial charge in [-0.25, -0.2) is 0 Å². The van der Waals surface area contributed by atoms with Gasteiger partial charge in [-0.05, 0) is 0 Å². The summed E-state index contributed by atoms with van der Waals surface area (Å²) in [4.78, 5) is 0. The number of hydrogen-bond donors (Lipinski definition) is 1. The van der Waals surface area contributed by atoms with E-state index in [9.17, 15) is 0 Å². The first kappa shape index (κ1) is 109. The molecule has 0 aromatic heterocycles. The van der Waals surface area contributed by atoms with Crippen molar-refractivity contribution in [3.8, 4) is 0 Å². The van der Waals surface area contributed by atoms with E-state index in [1.807, 2.05) is 0 Å². The van der Waals surface area contributed by atoms with Crippen molar-refractivity contribution < 1.29 is 134 Å². The predicted octanol–water partition coefficient (Wildman–Crippen LogP) is -0.413. The van der Waals surface area contributed by atoms with Crippen LogP contribution in [0.2, 0.25) is 0 Å². The van der Waals surface area contributed by atoms with Crippen LogP contribution in [0.4, 0.5) is 4.70 Å². The van der Waals surface area contributed by atoms with Crippen LogP contribution < -0.4 is 57.5 Å². The van der Waals surface area contributed by atoms with Crippen molar-refractivity contribution in [1.29, 1.82) is 0 Å². The maximum atomic E-state index is 0. The largest absolute Gasteiger partial charge is 1.00 e. The van der Waals surface area contributed by atoms with E-state index in [1.165, 1.54) is 0 Å². The zero-order valence-corrected chi connectivity index (χ0v) is 20.2. The summed E-state index contributed by atoms with van der Waals surface area (Å²) in [5, 5.41) is 0. The Morgan fingerprint density at radius 3 is 1.40 bits per heavy atom. The Hall–Kier alpha value is 5.41. The van der Waals surface area contributed by atoms with Gasteiger partial charge in [0.15, 0.2) is 0 Å². The molecule has 0 aromatic carbocycles. The second-order valence-corrected chi connectivity index (χ2v) is 0.